The summed E-state index contributed by atoms with van der Waals surface area (Å²) < 4.78 is 0. The minimum absolute atomic E-state index is 0.429. The zero-order valence-corrected chi connectivity index (χ0v) is 7.71. The second-order valence-electron chi connectivity index (χ2n) is 2.37. The zero-order valence-electron chi connectivity index (χ0n) is 6.20. The van der Waals surface area contributed by atoms with Crippen LogP contribution in [0.5, 0.6) is 0 Å². The molecule has 0 aliphatic carbocycles. The van der Waals surface area contributed by atoms with Crippen LogP contribution >= 0.6 is 23.2 Å². The molecule has 0 saturated carbocycles. The molecule has 0 saturated heterocycles. The predicted molar refractivity (Wildman–Crippen MR) is 49.1 cm³/mol. The predicted octanol–water partition coefficient (Wildman–Crippen LogP) is 2.76. The van der Waals surface area contributed by atoms with Crippen molar-refractivity contribution in [3.63, 3.8) is 0 Å². The van der Waals surface area contributed by atoms with E-state index in [0.29, 0.717) is 16.6 Å². The largest absolute Gasteiger partial charge is 0.326 e. The van der Waals surface area contributed by atoms with Crippen LogP contribution in [0.1, 0.15) is 11.1 Å². The Morgan fingerprint density at radius 1 is 1.27 bits per heavy atom. The molecule has 1 rings (SSSR count). The summed E-state index contributed by atoms with van der Waals surface area (Å²) in [6, 6.07) is 3.81. The summed E-state index contributed by atoms with van der Waals surface area (Å²) in [6.45, 7) is 2.34. The molecule has 1 aromatic carbocycles. The molecule has 0 aliphatic rings. The second kappa shape index (κ2) is 3.44. The fourth-order valence-electron chi connectivity index (χ4n) is 0.844. The Morgan fingerprint density at radius 3 is 2.45 bits per heavy atom. The number of halogens is 2. The van der Waals surface area contributed by atoms with Gasteiger partial charge in [-0.3, -0.25) is 0 Å². The Kier molecular flexibility index (Phi) is 2.77. The molecule has 0 aliphatic heterocycles. The SMILES string of the molecule is Cc1ccc(CN)c(Cl)c1Cl. The van der Waals surface area contributed by atoms with Gasteiger partial charge in [-0.2, -0.15) is 0 Å². The summed E-state index contributed by atoms with van der Waals surface area (Å²) >= 11 is 11.8. The van der Waals surface area contributed by atoms with E-state index in [1.165, 1.54) is 0 Å². The first kappa shape index (κ1) is 8.85. The average Bonchev–Trinajstić information content (AvgIpc) is 2.01. The second-order valence-corrected chi connectivity index (χ2v) is 3.13. The van der Waals surface area contributed by atoms with Crippen LogP contribution in [-0.4, -0.2) is 0 Å². The van der Waals surface area contributed by atoms with Gasteiger partial charge in [-0.05, 0) is 18.1 Å². The molecule has 11 heavy (non-hydrogen) atoms. The smallest absolute Gasteiger partial charge is 0.0639 e. The molecule has 0 unspecified atom stereocenters. The molecule has 0 heterocycles. The fraction of sp³-hybridized carbons (Fsp3) is 0.250. The van der Waals surface area contributed by atoms with Gasteiger partial charge in [0.25, 0.3) is 0 Å². The van der Waals surface area contributed by atoms with Gasteiger partial charge < -0.3 is 5.73 Å². The zero-order chi connectivity index (χ0) is 8.43. The van der Waals surface area contributed by atoms with Crippen LogP contribution in [-0.2, 0) is 6.54 Å². The summed E-state index contributed by atoms with van der Waals surface area (Å²) in [7, 11) is 0. The molecule has 2 N–H and O–H groups in total. The van der Waals surface area contributed by atoms with Gasteiger partial charge in [0.1, 0.15) is 0 Å². The monoisotopic (exact) mass is 189 g/mol. The van der Waals surface area contributed by atoms with Crippen molar-refractivity contribution >= 4 is 23.2 Å². The Hall–Kier alpha value is -0.240. The van der Waals surface area contributed by atoms with Crippen LogP contribution in [0.15, 0.2) is 12.1 Å². The molecular formula is C8H9Cl2N. The first-order valence-corrected chi connectivity index (χ1v) is 4.06. The Bertz CT molecular complexity index is 271. The third kappa shape index (κ3) is 1.67. The summed E-state index contributed by atoms with van der Waals surface area (Å²) in [5.74, 6) is 0. The van der Waals surface area contributed by atoms with Gasteiger partial charge in [-0.15, -0.1) is 0 Å². The Balaban J connectivity index is 3.25. The number of benzene rings is 1. The van der Waals surface area contributed by atoms with Gasteiger partial charge in [-0.1, -0.05) is 35.3 Å². The van der Waals surface area contributed by atoms with E-state index in [-0.39, 0.29) is 0 Å². The minimum Gasteiger partial charge on any atom is -0.326 e. The van der Waals surface area contributed by atoms with Gasteiger partial charge in [0.2, 0.25) is 0 Å². The Morgan fingerprint density at radius 2 is 1.91 bits per heavy atom. The molecule has 0 atom stereocenters. The highest BCUT2D eigenvalue weighted by Crippen LogP contribution is 2.28. The summed E-state index contributed by atoms with van der Waals surface area (Å²) in [6.07, 6.45) is 0. The highest BCUT2D eigenvalue weighted by atomic mass is 35.5. The van der Waals surface area contributed by atoms with Crippen molar-refractivity contribution in [2.24, 2.45) is 5.73 Å². The normalized spacial score (nSPS) is 10.2. The van der Waals surface area contributed by atoms with E-state index in [2.05, 4.69) is 0 Å². The fourth-order valence-corrected chi connectivity index (χ4v) is 1.32. The minimum atomic E-state index is 0.429. The van der Waals surface area contributed by atoms with Gasteiger partial charge in [0.05, 0.1) is 10.0 Å². The molecule has 0 radical (unpaired) electrons. The maximum absolute atomic E-state index is 5.89. The van der Waals surface area contributed by atoms with Crippen LogP contribution in [0.25, 0.3) is 0 Å². The maximum Gasteiger partial charge on any atom is 0.0639 e. The lowest BCUT2D eigenvalue weighted by Gasteiger charge is -2.04. The van der Waals surface area contributed by atoms with E-state index in [9.17, 15) is 0 Å². The molecule has 0 spiro atoms. The maximum atomic E-state index is 5.89. The van der Waals surface area contributed by atoms with E-state index in [1.54, 1.807) is 0 Å². The highest BCUT2D eigenvalue weighted by molar-refractivity contribution is 6.42. The van der Waals surface area contributed by atoms with Crippen molar-refractivity contribution in [2.45, 2.75) is 13.5 Å². The van der Waals surface area contributed by atoms with Crippen LogP contribution in [0, 0.1) is 6.92 Å². The van der Waals surface area contributed by atoms with Crippen LogP contribution < -0.4 is 5.73 Å². The summed E-state index contributed by atoms with van der Waals surface area (Å²) in [4.78, 5) is 0. The molecule has 0 amide bonds. The van der Waals surface area contributed by atoms with E-state index >= 15 is 0 Å². The molecule has 0 fully saturated rings. The lowest BCUT2D eigenvalue weighted by Crippen LogP contribution is -1.97. The standard InChI is InChI=1S/C8H9Cl2N/c1-5-2-3-6(4-11)8(10)7(5)9/h2-3H,4,11H2,1H3. The van der Waals surface area contributed by atoms with E-state index in [0.717, 1.165) is 11.1 Å². The topological polar surface area (TPSA) is 26.0 Å². The van der Waals surface area contributed by atoms with Gasteiger partial charge >= 0.3 is 0 Å². The molecule has 1 nitrogen and oxygen atoms in total. The third-order valence-electron chi connectivity index (χ3n) is 1.58. The number of hydrogen-bond acceptors (Lipinski definition) is 1. The molecular weight excluding hydrogens is 181 g/mol. The Labute approximate surface area is 76.1 Å². The van der Waals surface area contributed by atoms with Gasteiger partial charge in [-0.25, -0.2) is 0 Å². The summed E-state index contributed by atoms with van der Waals surface area (Å²) in [5.41, 5.74) is 7.30. The van der Waals surface area contributed by atoms with Crippen molar-refractivity contribution in [1.82, 2.24) is 0 Å². The average molecular weight is 190 g/mol. The van der Waals surface area contributed by atoms with E-state index in [4.69, 9.17) is 28.9 Å². The van der Waals surface area contributed by atoms with Crippen LogP contribution in [0.4, 0.5) is 0 Å². The lowest BCUT2D eigenvalue weighted by molar-refractivity contribution is 1.07. The van der Waals surface area contributed by atoms with Gasteiger partial charge in [0, 0.05) is 6.54 Å². The number of rotatable bonds is 1. The number of nitrogens with two attached hydrogens (primary N) is 1. The van der Waals surface area contributed by atoms with Crippen molar-refractivity contribution in [3.8, 4) is 0 Å². The van der Waals surface area contributed by atoms with Crippen molar-refractivity contribution < 1.29 is 0 Å². The number of aryl methyl sites for hydroxylation is 1. The van der Waals surface area contributed by atoms with Crippen molar-refractivity contribution in [2.75, 3.05) is 0 Å². The van der Waals surface area contributed by atoms with Crippen molar-refractivity contribution in [1.29, 1.82) is 0 Å². The molecule has 60 valence electrons. The summed E-state index contributed by atoms with van der Waals surface area (Å²) in [5, 5.41) is 1.18. The first-order chi connectivity index (χ1) is 5.16. The molecule has 3 heteroatoms. The van der Waals surface area contributed by atoms with Crippen molar-refractivity contribution in [3.05, 3.63) is 33.3 Å². The quantitative estimate of drug-likeness (QED) is 0.723. The van der Waals surface area contributed by atoms with Crippen LogP contribution in [0.2, 0.25) is 10.0 Å². The molecule has 1 aromatic rings. The highest BCUT2D eigenvalue weighted by Gasteiger charge is 2.04. The third-order valence-corrected chi connectivity index (χ3v) is 2.59. The van der Waals surface area contributed by atoms with E-state index in [1.807, 2.05) is 19.1 Å². The first-order valence-electron chi connectivity index (χ1n) is 3.30. The van der Waals surface area contributed by atoms with E-state index < -0.39 is 0 Å². The molecule has 0 bridgehead atoms. The molecule has 0 aromatic heterocycles. The lowest BCUT2D eigenvalue weighted by atomic mass is 10.1. The van der Waals surface area contributed by atoms with Crippen LogP contribution in [0.3, 0.4) is 0 Å². The number of hydrogen-bond donors (Lipinski definition) is 1. The van der Waals surface area contributed by atoms with Gasteiger partial charge in [0.15, 0.2) is 0 Å².